The third-order valence-corrected chi connectivity index (χ3v) is 16.7. The third kappa shape index (κ3) is 55.9. The minimum absolute atomic E-state index is 0.104. The van der Waals surface area contributed by atoms with E-state index in [0.29, 0.717) is 25.7 Å². The van der Waals surface area contributed by atoms with E-state index in [4.69, 9.17) is 37.0 Å². The molecule has 6 atom stereocenters. The molecular weight excluding hydrogens is 1090 g/mol. The van der Waals surface area contributed by atoms with E-state index in [1.165, 1.54) is 116 Å². The van der Waals surface area contributed by atoms with E-state index >= 15 is 0 Å². The third-order valence-electron chi connectivity index (χ3n) is 14.8. The van der Waals surface area contributed by atoms with Gasteiger partial charge in [-0.25, -0.2) is 9.13 Å². The Labute approximate surface area is 498 Å². The minimum Gasteiger partial charge on any atom is -0.462 e. The van der Waals surface area contributed by atoms with Gasteiger partial charge in [0, 0.05) is 25.7 Å². The van der Waals surface area contributed by atoms with Crippen LogP contribution in [-0.4, -0.2) is 96.7 Å². The SMILES string of the molecule is CCCCCCCCCCC(=O)O[C@H](COC(=O)CCCCCCC)COP(=O)(O)OC[C@H](O)COP(=O)(O)OC[C@@H](COC(=O)CCCCCCCCCCCCC(C)CC)OC(=O)CCCCCCCCCCCCCCC(C)C. The van der Waals surface area contributed by atoms with Crippen LogP contribution >= 0.6 is 15.6 Å². The van der Waals surface area contributed by atoms with Gasteiger partial charge in [0.15, 0.2) is 12.2 Å². The quantitative estimate of drug-likeness (QED) is 0.0222. The number of rotatable bonds is 62. The summed E-state index contributed by atoms with van der Waals surface area (Å²) in [4.78, 5) is 71.9. The first-order valence-electron chi connectivity index (χ1n) is 33.0. The van der Waals surface area contributed by atoms with Gasteiger partial charge in [-0.2, -0.15) is 0 Å². The predicted octanol–water partition coefficient (Wildman–Crippen LogP) is 17.3. The van der Waals surface area contributed by atoms with Gasteiger partial charge < -0.3 is 33.8 Å². The molecule has 486 valence electrons. The Morgan fingerprint density at radius 3 is 0.927 bits per heavy atom. The fourth-order valence-electron chi connectivity index (χ4n) is 9.32. The van der Waals surface area contributed by atoms with Crippen LogP contribution in [0.1, 0.15) is 311 Å². The maximum absolute atomic E-state index is 13.0. The van der Waals surface area contributed by atoms with E-state index in [2.05, 4.69) is 41.5 Å². The molecule has 3 N–H and O–H groups in total. The van der Waals surface area contributed by atoms with Crippen molar-refractivity contribution in [1.29, 1.82) is 0 Å². The number of carbonyl (C=O) groups excluding carboxylic acids is 4. The number of aliphatic hydroxyl groups is 1. The Balaban J connectivity index is 5.17. The molecule has 0 aliphatic rings. The van der Waals surface area contributed by atoms with E-state index in [1.807, 2.05) is 0 Å². The van der Waals surface area contributed by atoms with Crippen LogP contribution in [0.4, 0.5) is 0 Å². The molecule has 19 heteroatoms. The zero-order valence-electron chi connectivity index (χ0n) is 52.8. The fraction of sp³-hybridized carbons (Fsp3) is 0.937. The molecule has 0 spiro atoms. The monoisotopic (exact) mass is 1210 g/mol. The molecule has 0 fully saturated rings. The highest BCUT2D eigenvalue weighted by Crippen LogP contribution is 2.45. The van der Waals surface area contributed by atoms with Crippen LogP contribution < -0.4 is 0 Å². The number of ether oxygens (including phenoxy) is 4. The molecule has 0 rings (SSSR count). The first kappa shape index (κ1) is 80.1. The molecule has 82 heavy (non-hydrogen) atoms. The maximum atomic E-state index is 13.0. The van der Waals surface area contributed by atoms with Gasteiger partial charge in [-0.15, -0.1) is 0 Å². The van der Waals surface area contributed by atoms with Gasteiger partial charge in [-0.1, -0.05) is 260 Å². The number of phosphoric ester groups is 2. The standard InChI is InChI=1S/C63H122O17P2/c1-7-10-12-14-15-28-35-41-47-62(67)79-58(51-73-60(65)45-39-31-13-11-8-2)53-77-81(69,70)75-49-57(64)50-76-82(71,72)78-54-59(52-74-61(66)46-40-34-29-24-21-20-23-27-33-38-44-56(6)9-3)80-63(68)48-42-36-30-25-19-17-16-18-22-26-32-37-43-55(4)5/h55-59,64H,7-54H2,1-6H3,(H,69,70)(H,71,72)/t56?,57-,58+,59+/m0/s1. The molecule has 0 aliphatic heterocycles. The summed E-state index contributed by atoms with van der Waals surface area (Å²) in [7, 11) is -9.87. The van der Waals surface area contributed by atoms with E-state index in [-0.39, 0.29) is 25.7 Å². The zero-order valence-corrected chi connectivity index (χ0v) is 54.6. The number of aliphatic hydroxyl groups excluding tert-OH is 1. The fourth-order valence-corrected chi connectivity index (χ4v) is 10.9. The van der Waals surface area contributed by atoms with Crippen molar-refractivity contribution in [3.8, 4) is 0 Å². The lowest BCUT2D eigenvalue weighted by Gasteiger charge is -2.21. The highest BCUT2D eigenvalue weighted by Gasteiger charge is 2.30. The van der Waals surface area contributed by atoms with Crippen molar-refractivity contribution in [3.63, 3.8) is 0 Å². The Morgan fingerprint density at radius 2 is 0.622 bits per heavy atom. The summed E-state index contributed by atoms with van der Waals surface area (Å²) in [5.41, 5.74) is 0. The number of hydrogen-bond donors (Lipinski definition) is 3. The van der Waals surface area contributed by atoms with Gasteiger partial charge in [0.2, 0.25) is 0 Å². The summed E-state index contributed by atoms with van der Waals surface area (Å²) in [6, 6.07) is 0. The van der Waals surface area contributed by atoms with Gasteiger partial charge in [0.25, 0.3) is 0 Å². The Kier molecular flexibility index (Phi) is 54.3. The van der Waals surface area contributed by atoms with Gasteiger partial charge in [0.1, 0.15) is 19.3 Å². The van der Waals surface area contributed by atoms with Crippen LogP contribution in [0.2, 0.25) is 0 Å². The van der Waals surface area contributed by atoms with Crippen molar-refractivity contribution < 1.29 is 80.2 Å². The van der Waals surface area contributed by atoms with Crippen LogP contribution in [0, 0.1) is 11.8 Å². The van der Waals surface area contributed by atoms with Crippen molar-refractivity contribution in [2.24, 2.45) is 11.8 Å². The van der Waals surface area contributed by atoms with E-state index in [9.17, 15) is 43.2 Å². The van der Waals surface area contributed by atoms with Gasteiger partial charge in [-0.3, -0.25) is 37.3 Å². The number of unbranched alkanes of at least 4 members (excludes halogenated alkanes) is 31. The van der Waals surface area contributed by atoms with Crippen molar-refractivity contribution in [2.75, 3.05) is 39.6 Å². The molecule has 0 aliphatic carbocycles. The molecule has 0 aromatic heterocycles. The van der Waals surface area contributed by atoms with Gasteiger partial charge in [-0.05, 0) is 37.5 Å². The highest BCUT2D eigenvalue weighted by molar-refractivity contribution is 7.47. The topological polar surface area (TPSA) is 237 Å². The number of esters is 4. The molecular formula is C63H122O17P2. The predicted molar refractivity (Wildman–Crippen MR) is 326 cm³/mol. The Hall–Kier alpha value is -1.94. The number of carbonyl (C=O) groups is 4. The van der Waals surface area contributed by atoms with E-state index < -0.39 is 97.5 Å². The Morgan fingerprint density at radius 1 is 0.354 bits per heavy atom. The lowest BCUT2D eigenvalue weighted by atomic mass is 9.99. The lowest BCUT2D eigenvalue weighted by molar-refractivity contribution is -0.161. The second kappa shape index (κ2) is 55.6. The maximum Gasteiger partial charge on any atom is 0.472 e. The second-order valence-electron chi connectivity index (χ2n) is 23.5. The number of phosphoric acid groups is 2. The van der Waals surface area contributed by atoms with Crippen molar-refractivity contribution in [3.05, 3.63) is 0 Å². The molecule has 17 nitrogen and oxygen atoms in total. The summed E-state index contributed by atoms with van der Waals surface area (Å²) in [5, 5.41) is 10.5. The first-order valence-corrected chi connectivity index (χ1v) is 36.0. The average molecular weight is 1210 g/mol. The van der Waals surface area contributed by atoms with Gasteiger partial charge in [0.05, 0.1) is 26.4 Å². The van der Waals surface area contributed by atoms with Crippen molar-refractivity contribution in [1.82, 2.24) is 0 Å². The summed E-state index contributed by atoms with van der Waals surface area (Å²) in [6.07, 6.45) is 37.9. The zero-order chi connectivity index (χ0) is 60.8. The summed E-state index contributed by atoms with van der Waals surface area (Å²) in [6.45, 7) is 9.41. The molecule has 3 unspecified atom stereocenters. The smallest absolute Gasteiger partial charge is 0.462 e. The largest absolute Gasteiger partial charge is 0.472 e. The number of hydrogen-bond acceptors (Lipinski definition) is 15. The van der Waals surface area contributed by atoms with Crippen LogP contribution in [0.3, 0.4) is 0 Å². The Bertz CT molecular complexity index is 1620. The lowest BCUT2D eigenvalue weighted by Crippen LogP contribution is -2.30. The average Bonchev–Trinajstić information content (AvgIpc) is 3.46. The highest BCUT2D eigenvalue weighted by atomic mass is 31.2. The molecule has 0 heterocycles. The summed E-state index contributed by atoms with van der Waals surface area (Å²) < 4.78 is 67.7. The van der Waals surface area contributed by atoms with Crippen LogP contribution in [-0.2, 0) is 65.4 Å². The molecule has 0 amide bonds. The normalized spacial score (nSPS) is 14.7. The van der Waals surface area contributed by atoms with E-state index in [1.54, 1.807) is 0 Å². The first-order chi connectivity index (χ1) is 39.4. The summed E-state index contributed by atoms with van der Waals surface area (Å²) >= 11 is 0. The molecule has 0 bridgehead atoms. The molecule has 0 aromatic carbocycles. The second-order valence-corrected chi connectivity index (χ2v) is 26.4. The van der Waals surface area contributed by atoms with Crippen LogP contribution in [0.25, 0.3) is 0 Å². The summed E-state index contributed by atoms with van der Waals surface area (Å²) in [5.74, 6) is -0.561. The van der Waals surface area contributed by atoms with Crippen LogP contribution in [0.5, 0.6) is 0 Å². The van der Waals surface area contributed by atoms with Crippen molar-refractivity contribution >= 4 is 39.5 Å². The molecule has 0 aromatic rings. The molecule has 0 saturated carbocycles. The minimum atomic E-state index is -4.94. The van der Waals surface area contributed by atoms with Crippen LogP contribution in [0.15, 0.2) is 0 Å². The van der Waals surface area contributed by atoms with Gasteiger partial charge >= 0.3 is 39.5 Å². The molecule has 0 saturated heterocycles. The molecule has 0 radical (unpaired) electrons. The van der Waals surface area contributed by atoms with E-state index in [0.717, 1.165) is 115 Å². The van der Waals surface area contributed by atoms with Crippen molar-refractivity contribution in [2.45, 2.75) is 330 Å².